The molecule has 1 aromatic heterocycles. The predicted octanol–water partition coefficient (Wildman–Crippen LogP) is 2.46. The van der Waals surface area contributed by atoms with Gasteiger partial charge in [0.2, 0.25) is 0 Å². The van der Waals surface area contributed by atoms with E-state index in [1.807, 2.05) is 6.92 Å². The molecular weight excluding hydrogens is 296 g/mol. The van der Waals surface area contributed by atoms with Crippen molar-refractivity contribution in [2.24, 2.45) is 0 Å². The quantitative estimate of drug-likeness (QED) is 0.872. The molecule has 0 bridgehead atoms. The van der Waals surface area contributed by atoms with Crippen molar-refractivity contribution in [3.8, 4) is 0 Å². The summed E-state index contributed by atoms with van der Waals surface area (Å²) in [5, 5.41) is 3.49. The van der Waals surface area contributed by atoms with E-state index in [1.54, 1.807) is 18.4 Å². The van der Waals surface area contributed by atoms with E-state index >= 15 is 0 Å². The van der Waals surface area contributed by atoms with Gasteiger partial charge in [-0.3, -0.25) is 9.00 Å². The van der Waals surface area contributed by atoms with Crippen LogP contribution in [0.1, 0.15) is 41.7 Å². The number of aryl methyl sites for hydroxylation is 1. The molecule has 20 heavy (non-hydrogen) atoms. The van der Waals surface area contributed by atoms with Gasteiger partial charge in [0.1, 0.15) is 10.8 Å². The molecule has 1 N–H and O–H groups in total. The van der Waals surface area contributed by atoms with Crippen LogP contribution in [-0.4, -0.2) is 32.6 Å². The van der Waals surface area contributed by atoms with Gasteiger partial charge in [0.05, 0.1) is 0 Å². The summed E-state index contributed by atoms with van der Waals surface area (Å²) in [6.07, 6.45) is 5.41. The van der Waals surface area contributed by atoms with Crippen LogP contribution >= 0.6 is 11.6 Å². The Kier molecular flexibility index (Phi) is 5.16. The van der Waals surface area contributed by atoms with E-state index in [4.69, 9.17) is 11.6 Å². The van der Waals surface area contributed by atoms with Crippen LogP contribution < -0.4 is 5.32 Å². The van der Waals surface area contributed by atoms with Gasteiger partial charge in [-0.05, 0) is 43.9 Å². The van der Waals surface area contributed by atoms with Crippen LogP contribution in [0, 0.1) is 6.92 Å². The number of hydrogen-bond donors (Lipinski definition) is 1. The van der Waals surface area contributed by atoms with Gasteiger partial charge in [-0.15, -0.1) is 0 Å². The minimum atomic E-state index is -0.827. The Balaban J connectivity index is 2.02. The molecule has 1 fully saturated rings. The fourth-order valence-electron chi connectivity index (χ4n) is 2.58. The second-order valence-electron chi connectivity index (χ2n) is 5.31. The third-order valence-corrected chi connectivity index (χ3v) is 5.16. The van der Waals surface area contributed by atoms with Crippen LogP contribution in [0.2, 0.25) is 5.15 Å². The summed E-state index contributed by atoms with van der Waals surface area (Å²) >= 11 is 5.87. The molecule has 0 radical (unpaired) electrons. The molecule has 0 aromatic carbocycles. The first-order valence-electron chi connectivity index (χ1n) is 6.73. The number of amides is 1. The van der Waals surface area contributed by atoms with Crippen molar-refractivity contribution in [1.82, 2.24) is 10.3 Å². The lowest BCUT2D eigenvalue weighted by molar-refractivity contribution is 0.0923. The molecule has 3 atom stereocenters. The van der Waals surface area contributed by atoms with Crippen molar-refractivity contribution in [3.05, 3.63) is 28.5 Å². The minimum absolute atomic E-state index is 0.0752. The molecule has 1 aliphatic carbocycles. The highest BCUT2D eigenvalue weighted by Crippen LogP contribution is 2.22. The van der Waals surface area contributed by atoms with Gasteiger partial charge in [0, 0.05) is 28.3 Å². The number of rotatable bonds is 3. The van der Waals surface area contributed by atoms with Crippen molar-refractivity contribution in [2.75, 3.05) is 6.26 Å². The number of pyridine rings is 1. The number of aromatic nitrogens is 1. The Labute approximate surface area is 126 Å². The number of halogens is 1. The summed E-state index contributed by atoms with van der Waals surface area (Å²) in [5.74, 6) is -0.205. The van der Waals surface area contributed by atoms with E-state index in [0.29, 0.717) is 10.8 Å². The molecule has 1 aliphatic rings. The maximum absolute atomic E-state index is 12.2. The van der Waals surface area contributed by atoms with Crippen molar-refractivity contribution in [3.63, 3.8) is 0 Å². The van der Waals surface area contributed by atoms with Crippen molar-refractivity contribution in [2.45, 2.75) is 43.9 Å². The maximum atomic E-state index is 12.2. The average Bonchev–Trinajstić information content (AvgIpc) is 2.37. The molecule has 0 saturated heterocycles. The lowest BCUT2D eigenvalue weighted by Gasteiger charge is -2.28. The zero-order valence-electron chi connectivity index (χ0n) is 11.7. The fourth-order valence-corrected chi connectivity index (χ4v) is 3.84. The summed E-state index contributed by atoms with van der Waals surface area (Å²) < 4.78 is 11.6. The molecule has 4 nitrogen and oxygen atoms in total. The smallest absolute Gasteiger partial charge is 0.270 e. The van der Waals surface area contributed by atoms with Crippen molar-refractivity contribution < 1.29 is 9.00 Å². The van der Waals surface area contributed by atoms with E-state index < -0.39 is 10.8 Å². The second-order valence-corrected chi connectivity index (χ2v) is 7.36. The predicted molar refractivity (Wildman–Crippen MR) is 81.6 cm³/mol. The van der Waals surface area contributed by atoms with E-state index in [2.05, 4.69) is 10.3 Å². The van der Waals surface area contributed by atoms with Gasteiger partial charge >= 0.3 is 0 Å². The molecule has 6 heteroatoms. The largest absolute Gasteiger partial charge is 0.348 e. The Bertz CT molecular complexity index is 516. The molecule has 0 aliphatic heterocycles. The van der Waals surface area contributed by atoms with Crippen molar-refractivity contribution >= 4 is 28.3 Å². The first-order chi connectivity index (χ1) is 9.45. The number of hydrogen-bond acceptors (Lipinski definition) is 3. The van der Waals surface area contributed by atoms with Crippen LogP contribution in [-0.2, 0) is 10.8 Å². The zero-order valence-corrected chi connectivity index (χ0v) is 13.3. The average molecular weight is 315 g/mol. The summed E-state index contributed by atoms with van der Waals surface area (Å²) in [4.78, 5) is 16.2. The first kappa shape index (κ1) is 15.4. The number of carbonyl (C=O) groups is 1. The summed E-state index contributed by atoms with van der Waals surface area (Å²) in [5.41, 5.74) is 1.25. The fraction of sp³-hybridized carbons (Fsp3) is 0.571. The normalized spacial score (nSPS) is 24.1. The van der Waals surface area contributed by atoms with Crippen LogP contribution in [0.3, 0.4) is 0 Å². The van der Waals surface area contributed by atoms with Crippen LogP contribution in [0.4, 0.5) is 0 Å². The number of nitrogens with one attached hydrogen (secondary N) is 1. The highest BCUT2D eigenvalue weighted by atomic mass is 35.5. The molecule has 1 aromatic rings. The third kappa shape index (κ3) is 4.03. The molecule has 0 spiro atoms. The highest BCUT2D eigenvalue weighted by Gasteiger charge is 2.26. The second kappa shape index (κ2) is 6.68. The molecule has 3 unspecified atom stereocenters. The standard InChI is InChI=1S/C14H19ClN2O2S/c1-9-6-12(17-13(15)7-9)14(18)16-10-4-3-5-11(8-10)20(2)19/h6-7,10-11H,3-5,8H2,1-2H3,(H,16,18). The molecule has 1 saturated carbocycles. The molecule has 2 rings (SSSR count). The lowest BCUT2D eigenvalue weighted by Crippen LogP contribution is -2.41. The SMILES string of the molecule is Cc1cc(Cl)nc(C(=O)NC2CCCC(S(C)=O)C2)c1. The van der Waals surface area contributed by atoms with E-state index in [-0.39, 0.29) is 17.2 Å². The van der Waals surface area contributed by atoms with E-state index in [9.17, 15) is 9.00 Å². The minimum Gasteiger partial charge on any atom is -0.348 e. The Morgan fingerprint density at radius 3 is 2.85 bits per heavy atom. The Morgan fingerprint density at radius 1 is 1.45 bits per heavy atom. The maximum Gasteiger partial charge on any atom is 0.270 e. The Morgan fingerprint density at radius 2 is 2.20 bits per heavy atom. The summed E-state index contributed by atoms with van der Waals surface area (Å²) in [6.45, 7) is 1.88. The summed E-state index contributed by atoms with van der Waals surface area (Å²) in [7, 11) is -0.827. The van der Waals surface area contributed by atoms with Crippen LogP contribution in [0.15, 0.2) is 12.1 Å². The van der Waals surface area contributed by atoms with Crippen LogP contribution in [0.5, 0.6) is 0 Å². The van der Waals surface area contributed by atoms with Crippen LogP contribution in [0.25, 0.3) is 0 Å². The van der Waals surface area contributed by atoms with E-state index in [1.165, 1.54) is 0 Å². The first-order valence-corrected chi connectivity index (χ1v) is 8.73. The van der Waals surface area contributed by atoms with Gasteiger partial charge < -0.3 is 5.32 Å². The third-order valence-electron chi connectivity index (χ3n) is 3.60. The van der Waals surface area contributed by atoms with Gasteiger partial charge in [0.25, 0.3) is 5.91 Å². The number of carbonyl (C=O) groups excluding carboxylic acids is 1. The number of nitrogens with zero attached hydrogens (tertiary/aromatic N) is 1. The topological polar surface area (TPSA) is 59.1 Å². The van der Waals surface area contributed by atoms with Gasteiger partial charge in [-0.25, -0.2) is 4.98 Å². The van der Waals surface area contributed by atoms with Crippen molar-refractivity contribution in [1.29, 1.82) is 0 Å². The molecule has 1 heterocycles. The van der Waals surface area contributed by atoms with Gasteiger partial charge in [-0.1, -0.05) is 18.0 Å². The summed E-state index contributed by atoms with van der Waals surface area (Å²) in [6, 6.07) is 3.51. The molecular formula is C14H19ClN2O2S. The van der Waals surface area contributed by atoms with Gasteiger partial charge in [0.15, 0.2) is 0 Å². The highest BCUT2D eigenvalue weighted by molar-refractivity contribution is 7.84. The van der Waals surface area contributed by atoms with Gasteiger partial charge in [-0.2, -0.15) is 0 Å². The zero-order chi connectivity index (χ0) is 14.7. The monoisotopic (exact) mass is 314 g/mol. The molecule has 110 valence electrons. The molecule has 1 amide bonds. The van der Waals surface area contributed by atoms with E-state index in [0.717, 1.165) is 31.2 Å². The Hall–Kier alpha value is -0.940. The lowest BCUT2D eigenvalue weighted by atomic mass is 9.95.